The number of hydrogen-bond donors (Lipinski definition) is 2. The second-order valence-electron chi connectivity index (χ2n) is 7.02. The van der Waals surface area contributed by atoms with E-state index in [0.29, 0.717) is 34.8 Å². The second kappa shape index (κ2) is 8.34. The Labute approximate surface area is 168 Å². The SMILES string of the molecule is COc1cc(C)cc(NC(=O)CCc2c(C)[nH]n(-c3ccc(F)cc3)c2=O)c1C. The van der Waals surface area contributed by atoms with E-state index in [0.717, 1.165) is 11.1 Å². The van der Waals surface area contributed by atoms with Gasteiger partial charge < -0.3 is 10.1 Å². The summed E-state index contributed by atoms with van der Waals surface area (Å²) in [6.45, 7) is 5.59. The van der Waals surface area contributed by atoms with Gasteiger partial charge in [-0.05, 0) is 69.2 Å². The summed E-state index contributed by atoms with van der Waals surface area (Å²) >= 11 is 0. The first-order valence-corrected chi connectivity index (χ1v) is 9.31. The smallest absolute Gasteiger partial charge is 0.274 e. The summed E-state index contributed by atoms with van der Waals surface area (Å²) < 4.78 is 19.8. The molecule has 1 heterocycles. The quantitative estimate of drug-likeness (QED) is 0.664. The first-order chi connectivity index (χ1) is 13.8. The molecule has 0 atom stereocenters. The van der Waals surface area contributed by atoms with Gasteiger partial charge in [0.1, 0.15) is 11.6 Å². The Morgan fingerprint density at radius 2 is 1.86 bits per heavy atom. The van der Waals surface area contributed by atoms with Crippen LogP contribution in [0.5, 0.6) is 5.75 Å². The number of carbonyl (C=O) groups is 1. The highest BCUT2D eigenvalue weighted by molar-refractivity contribution is 5.92. The van der Waals surface area contributed by atoms with Crippen LogP contribution in [0.4, 0.5) is 10.1 Å². The van der Waals surface area contributed by atoms with E-state index < -0.39 is 0 Å². The number of rotatable bonds is 6. The molecule has 0 saturated heterocycles. The number of aryl methyl sites for hydroxylation is 2. The van der Waals surface area contributed by atoms with Gasteiger partial charge in [-0.15, -0.1) is 0 Å². The minimum atomic E-state index is -0.370. The van der Waals surface area contributed by atoms with Crippen molar-refractivity contribution >= 4 is 11.6 Å². The monoisotopic (exact) mass is 397 g/mol. The normalized spacial score (nSPS) is 10.8. The second-order valence-corrected chi connectivity index (χ2v) is 7.02. The molecule has 3 rings (SSSR count). The van der Waals surface area contributed by atoms with Crippen molar-refractivity contribution in [1.82, 2.24) is 9.78 Å². The molecule has 0 aliphatic heterocycles. The van der Waals surface area contributed by atoms with Gasteiger partial charge in [-0.3, -0.25) is 14.7 Å². The van der Waals surface area contributed by atoms with Gasteiger partial charge in [0.15, 0.2) is 0 Å². The third kappa shape index (κ3) is 4.39. The number of amides is 1. The van der Waals surface area contributed by atoms with E-state index >= 15 is 0 Å². The van der Waals surface area contributed by atoms with Crippen LogP contribution in [-0.2, 0) is 11.2 Å². The Kier molecular flexibility index (Phi) is 5.87. The molecule has 1 aromatic heterocycles. The van der Waals surface area contributed by atoms with E-state index in [2.05, 4.69) is 10.4 Å². The molecule has 3 aromatic rings. The number of methoxy groups -OCH3 is 1. The zero-order valence-corrected chi connectivity index (χ0v) is 16.9. The lowest BCUT2D eigenvalue weighted by atomic mass is 10.1. The summed E-state index contributed by atoms with van der Waals surface area (Å²) in [6.07, 6.45) is 0.455. The minimum Gasteiger partial charge on any atom is -0.496 e. The number of nitrogens with zero attached hydrogens (tertiary/aromatic N) is 1. The Hall–Kier alpha value is -3.35. The third-order valence-corrected chi connectivity index (χ3v) is 4.88. The molecule has 29 heavy (non-hydrogen) atoms. The molecule has 0 unspecified atom stereocenters. The van der Waals surface area contributed by atoms with Crippen LogP contribution >= 0.6 is 0 Å². The van der Waals surface area contributed by atoms with Crippen LogP contribution in [0.15, 0.2) is 41.2 Å². The molecule has 0 aliphatic rings. The summed E-state index contributed by atoms with van der Waals surface area (Å²) in [4.78, 5) is 25.2. The van der Waals surface area contributed by atoms with Crippen LogP contribution in [0.2, 0.25) is 0 Å². The number of halogens is 1. The van der Waals surface area contributed by atoms with Gasteiger partial charge >= 0.3 is 0 Å². The molecule has 152 valence electrons. The standard InChI is InChI=1S/C22H24FN3O3/c1-13-11-19(14(2)20(12-13)29-4)24-21(27)10-9-18-15(3)25-26(22(18)28)17-7-5-16(23)6-8-17/h5-8,11-12,25H,9-10H2,1-4H3,(H,24,27). The van der Waals surface area contributed by atoms with Gasteiger partial charge in [-0.1, -0.05) is 0 Å². The number of hydrogen-bond acceptors (Lipinski definition) is 3. The first kappa shape index (κ1) is 20.4. The molecule has 0 radical (unpaired) electrons. The molecule has 0 bridgehead atoms. The van der Waals surface area contributed by atoms with Crippen molar-refractivity contribution in [3.05, 3.63) is 75.0 Å². The van der Waals surface area contributed by atoms with Crippen molar-refractivity contribution in [1.29, 1.82) is 0 Å². The molecule has 6 nitrogen and oxygen atoms in total. The highest BCUT2D eigenvalue weighted by atomic mass is 19.1. The summed E-state index contributed by atoms with van der Waals surface area (Å²) in [7, 11) is 1.59. The Balaban J connectivity index is 1.74. The fourth-order valence-electron chi connectivity index (χ4n) is 3.27. The molecule has 2 N–H and O–H groups in total. The van der Waals surface area contributed by atoms with Crippen molar-refractivity contribution < 1.29 is 13.9 Å². The molecule has 0 fully saturated rings. The minimum absolute atomic E-state index is 0.160. The number of anilines is 1. The summed E-state index contributed by atoms with van der Waals surface area (Å²) in [5.41, 5.74) is 4.03. The van der Waals surface area contributed by atoms with Crippen molar-refractivity contribution in [3.63, 3.8) is 0 Å². The van der Waals surface area contributed by atoms with Gasteiger partial charge in [-0.2, -0.15) is 0 Å². The number of ether oxygens (including phenoxy) is 1. The number of benzene rings is 2. The fraction of sp³-hybridized carbons (Fsp3) is 0.273. The third-order valence-electron chi connectivity index (χ3n) is 4.88. The molecule has 7 heteroatoms. The zero-order chi connectivity index (χ0) is 21.1. The lowest BCUT2D eigenvalue weighted by molar-refractivity contribution is -0.116. The van der Waals surface area contributed by atoms with E-state index in [1.165, 1.54) is 28.9 Å². The average molecular weight is 397 g/mol. The van der Waals surface area contributed by atoms with E-state index in [1.54, 1.807) is 14.0 Å². The van der Waals surface area contributed by atoms with Crippen molar-refractivity contribution in [2.45, 2.75) is 33.6 Å². The van der Waals surface area contributed by atoms with Crippen LogP contribution in [-0.4, -0.2) is 22.8 Å². The number of aromatic amines is 1. The topological polar surface area (TPSA) is 76.1 Å². The van der Waals surface area contributed by atoms with Gasteiger partial charge in [0.2, 0.25) is 5.91 Å². The van der Waals surface area contributed by atoms with Crippen LogP contribution in [0, 0.1) is 26.6 Å². The van der Waals surface area contributed by atoms with Gasteiger partial charge in [0.05, 0.1) is 12.8 Å². The van der Waals surface area contributed by atoms with Crippen molar-refractivity contribution in [3.8, 4) is 11.4 Å². The first-order valence-electron chi connectivity index (χ1n) is 9.31. The number of carbonyl (C=O) groups excluding carboxylic acids is 1. The molecule has 0 spiro atoms. The maximum atomic E-state index is 13.1. The van der Waals surface area contributed by atoms with E-state index in [1.807, 2.05) is 26.0 Å². The zero-order valence-electron chi connectivity index (χ0n) is 16.9. The number of H-pyrrole nitrogens is 1. The summed E-state index contributed by atoms with van der Waals surface area (Å²) in [6, 6.07) is 9.44. The molecular formula is C22H24FN3O3. The van der Waals surface area contributed by atoms with E-state index in [9.17, 15) is 14.0 Å². The average Bonchev–Trinajstić information content (AvgIpc) is 2.97. The lowest BCUT2D eigenvalue weighted by Crippen LogP contribution is -2.19. The van der Waals surface area contributed by atoms with Crippen LogP contribution in [0.3, 0.4) is 0 Å². The molecular weight excluding hydrogens is 373 g/mol. The number of nitrogens with one attached hydrogen (secondary N) is 2. The highest BCUT2D eigenvalue weighted by Gasteiger charge is 2.15. The molecule has 0 saturated carbocycles. The van der Waals surface area contributed by atoms with Gasteiger partial charge in [-0.25, -0.2) is 9.07 Å². The van der Waals surface area contributed by atoms with E-state index in [-0.39, 0.29) is 23.7 Å². The van der Waals surface area contributed by atoms with Gasteiger partial charge in [0, 0.05) is 28.9 Å². The Morgan fingerprint density at radius 3 is 2.52 bits per heavy atom. The maximum absolute atomic E-state index is 13.1. The van der Waals surface area contributed by atoms with Crippen molar-refractivity contribution in [2.24, 2.45) is 0 Å². The molecule has 2 aromatic carbocycles. The Bertz CT molecular complexity index is 1100. The van der Waals surface area contributed by atoms with Crippen LogP contribution < -0.4 is 15.6 Å². The van der Waals surface area contributed by atoms with Crippen LogP contribution in [0.1, 0.15) is 28.8 Å². The van der Waals surface area contributed by atoms with Crippen molar-refractivity contribution in [2.75, 3.05) is 12.4 Å². The lowest BCUT2D eigenvalue weighted by Gasteiger charge is -2.13. The van der Waals surface area contributed by atoms with E-state index in [4.69, 9.17) is 4.74 Å². The predicted molar refractivity (Wildman–Crippen MR) is 111 cm³/mol. The molecule has 0 aliphatic carbocycles. The largest absolute Gasteiger partial charge is 0.496 e. The Morgan fingerprint density at radius 1 is 1.17 bits per heavy atom. The molecule has 1 amide bonds. The summed E-state index contributed by atoms with van der Waals surface area (Å²) in [5, 5.41) is 5.89. The number of aromatic nitrogens is 2. The highest BCUT2D eigenvalue weighted by Crippen LogP contribution is 2.27. The summed E-state index contributed by atoms with van der Waals surface area (Å²) in [5.74, 6) is 0.156. The van der Waals surface area contributed by atoms with Gasteiger partial charge in [0.25, 0.3) is 5.56 Å². The van der Waals surface area contributed by atoms with Crippen LogP contribution in [0.25, 0.3) is 5.69 Å². The fourth-order valence-corrected chi connectivity index (χ4v) is 3.27. The maximum Gasteiger partial charge on any atom is 0.274 e. The predicted octanol–water partition coefficient (Wildman–Crippen LogP) is 3.81.